The van der Waals surface area contributed by atoms with Crippen LogP contribution < -0.4 is 0 Å². The van der Waals surface area contributed by atoms with Gasteiger partial charge in [0.05, 0.1) is 18.8 Å². The number of aldehydes is 1. The van der Waals surface area contributed by atoms with Gasteiger partial charge in [-0.05, 0) is 11.6 Å². The molecule has 0 aliphatic carbocycles. The minimum absolute atomic E-state index is 0.0168. The average Bonchev–Trinajstić information content (AvgIpc) is 2.81. The molecule has 2 aromatic rings. The van der Waals surface area contributed by atoms with Gasteiger partial charge in [-0.3, -0.25) is 9.48 Å². The van der Waals surface area contributed by atoms with Crippen LogP contribution in [0.3, 0.4) is 0 Å². The molecule has 17 heavy (non-hydrogen) atoms. The van der Waals surface area contributed by atoms with Gasteiger partial charge in [0.2, 0.25) is 0 Å². The van der Waals surface area contributed by atoms with Crippen molar-refractivity contribution in [3.63, 3.8) is 0 Å². The van der Waals surface area contributed by atoms with E-state index in [1.54, 1.807) is 6.07 Å². The number of aromatic nitrogens is 2. The van der Waals surface area contributed by atoms with Crippen molar-refractivity contribution < 1.29 is 9.53 Å². The van der Waals surface area contributed by atoms with E-state index in [-0.39, 0.29) is 6.10 Å². The maximum absolute atomic E-state index is 10.7. The van der Waals surface area contributed by atoms with E-state index in [2.05, 4.69) is 5.10 Å². The Hall–Kier alpha value is -1.94. The van der Waals surface area contributed by atoms with Crippen LogP contribution in [0.2, 0.25) is 0 Å². The van der Waals surface area contributed by atoms with Crippen molar-refractivity contribution >= 4 is 6.29 Å². The van der Waals surface area contributed by atoms with Crippen LogP contribution in [0.5, 0.6) is 0 Å². The molecule has 1 aromatic carbocycles. The highest BCUT2D eigenvalue weighted by Gasteiger charge is 2.21. The van der Waals surface area contributed by atoms with Crippen LogP contribution in [0.25, 0.3) is 0 Å². The van der Waals surface area contributed by atoms with E-state index in [9.17, 15) is 4.79 Å². The molecule has 0 amide bonds. The number of nitrogens with zero attached hydrogens (tertiary/aromatic N) is 2. The van der Waals surface area contributed by atoms with E-state index in [1.807, 2.05) is 35.0 Å². The predicted octanol–water partition coefficient (Wildman–Crippen LogP) is 1.97. The summed E-state index contributed by atoms with van der Waals surface area (Å²) < 4.78 is 7.62. The zero-order valence-corrected chi connectivity index (χ0v) is 9.24. The molecule has 1 unspecified atom stereocenters. The smallest absolute Gasteiger partial charge is 0.170 e. The fourth-order valence-electron chi connectivity index (χ4n) is 2.07. The molecule has 1 aliphatic heterocycles. The Morgan fingerprint density at radius 1 is 1.35 bits per heavy atom. The van der Waals surface area contributed by atoms with Gasteiger partial charge < -0.3 is 4.74 Å². The average molecular weight is 228 g/mol. The lowest BCUT2D eigenvalue weighted by Crippen LogP contribution is -2.21. The Kier molecular flexibility index (Phi) is 2.49. The Morgan fingerprint density at radius 2 is 2.18 bits per heavy atom. The zero-order valence-electron chi connectivity index (χ0n) is 9.24. The second-order valence-corrected chi connectivity index (χ2v) is 4.07. The molecule has 1 aliphatic rings. The first kappa shape index (κ1) is 10.2. The van der Waals surface area contributed by atoms with Crippen molar-refractivity contribution in [2.75, 3.05) is 0 Å². The third-order valence-electron chi connectivity index (χ3n) is 2.95. The van der Waals surface area contributed by atoms with Gasteiger partial charge >= 0.3 is 0 Å². The summed E-state index contributed by atoms with van der Waals surface area (Å²) >= 11 is 0. The number of ether oxygens (including phenoxy) is 1. The van der Waals surface area contributed by atoms with Crippen LogP contribution in [-0.2, 0) is 17.9 Å². The molecule has 4 nitrogen and oxygen atoms in total. The topological polar surface area (TPSA) is 44.1 Å². The Morgan fingerprint density at radius 3 is 2.94 bits per heavy atom. The van der Waals surface area contributed by atoms with Gasteiger partial charge in [-0.1, -0.05) is 30.3 Å². The van der Waals surface area contributed by atoms with Gasteiger partial charge in [-0.2, -0.15) is 5.10 Å². The Labute approximate surface area is 98.8 Å². The minimum atomic E-state index is 0.0168. The number of hydrogen-bond donors (Lipinski definition) is 0. The van der Waals surface area contributed by atoms with Gasteiger partial charge in [0.25, 0.3) is 0 Å². The second-order valence-electron chi connectivity index (χ2n) is 4.07. The molecule has 3 rings (SSSR count). The maximum Gasteiger partial charge on any atom is 0.170 e. The van der Waals surface area contributed by atoms with Crippen molar-refractivity contribution in [3.8, 4) is 0 Å². The molecule has 1 atom stereocenters. The van der Waals surface area contributed by atoms with Gasteiger partial charge in [-0.25, -0.2) is 0 Å². The quantitative estimate of drug-likeness (QED) is 0.738. The SMILES string of the molecule is O=Cc1cc2n(n1)CC(c1ccccc1)OC2. The maximum atomic E-state index is 10.7. The first-order valence-corrected chi connectivity index (χ1v) is 5.55. The molecule has 0 bridgehead atoms. The Bertz CT molecular complexity index is 534. The fraction of sp³-hybridized carbons (Fsp3) is 0.231. The molecule has 0 spiro atoms. The molecule has 0 N–H and O–H groups in total. The highest BCUT2D eigenvalue weighted by molar-refractivity contribution is 5.71. The lowest BCUT2D eigenvalue weighted by Gasteiger charge is -2.24. The Balaban J connectivity index is 1.87. The summed E-state index contributed by atoms with van der Waals surface area (Å²) in [6.07, 6.45) is 0.783. The summed E-state index contributed by atoms with van der Waals surface area (Å²) in [5.74, 6) is 0. The normalized spacial score (nSPS) is 18.7. The summed E-state index contributed by atoms with van der Waals surface area (Å²) in [7, 11) is 0. The molecule has 0 saturated heterocycles. The van der Waals surface area contributed by atoms with Crippen LogP contribution in [0.1, 0.15) is 27.8 Å². The van der Waals surface area contributed by atoms with E-state index < -0.39 is 0 Å². The van der Waals surface area contributed by atoms with E-state index >= 15 is 0 Å². The number of benzene rings is 1. The van der Waals surface area contributed by atoms with Crippen LogP contribution in [0, 0.1) is 0 Å². The molecule has 0 fully saturated rings. The summed E-state index contributed by atoms with van der Waals surface area (Å²) in [5.41, 5.74) is 2.57. The summed E-state index contributed by atoms with van der Waals surface area (Å²) in [5, 5.41) is 4.21. The predicted molar refractivity (Wildman–Crippen MR) is 61.6 cm³/mol. The lowest BCUT2D eigenvalue weighted by atomic mass is 10.1. The molecule has 0 radical (unpaired) electrons. The van der Waals surface area contributed by atoms with Crippen LogP contribution >= 0.6 is 0 Å². The number of rotatable bonds is 2. The van der Waals surface area contributed by atoms with Crippen molar-refractivity contribution in [2.24, 2.45) is 0 Å². The van der Waals surface area contributed by atoms with Gasteiger partial charge in [0, 0.05) is 0 Å². The van der Waals surface area contributed by atoms with Crippen LogP contribution in [0.15, 0.2) is 36.4 Å². The fourth-order valence-corrected chi connectivity index (χ4v) is 2.07. The van der Waals surface area contributed by atoms with Gasteiger partial charge in [0.1, 0.15) is 11.8 Å². The summed E-state index contributed by atoms with van der Waals surface area (Å²) in [4.78, 5) is 10.7. The second kappa shape index (κ2) is 4.14. The minimum Gasteiger partial charge on any atom is -0.365 e. The van der Waals surface area contributed by atoms with Crippen molar-refractivity contribution in [2.45, 2.75) is 19.3 Å². The first-order valence-electron chi connectivity index (χ1n) is 5.55. The molecule has 4 heteroatoms. The number of fused-ring (bicyclic) bond motifs is 1. The molecule has 2 heterocycles. The largest absolute Gasteiger partial charge is 0.365 e. The molecular formula is C13H12N2O2. The molecule has 86 valence electrons. The van der Waals surface area contributed by atoms with Gasteiger partial charge in [0.15, 0.2) is 6.29 Å². The van der Waals surface area contributed by atoms with E-state index in [4.69, 9.17) is 4.74 Å². The van der Waals surface area contributed by atoms with Crippen LogP contribution in [0.4, 0.5) is 0 Å². The van der Waals surface area contributed by atoms with E-state index in [0.29, 0.717) is 18.8 Å². The summed E-state index contributed by atoms with van der Waals surface area (Å²) in [6, 6.07) is 11.8. The van der Waals surface area contributed by atoms with Crippen molar-refractivity contribution in [1.82, 2.24) is 9.78 Å². The van der Waals surface area contributed by atoms with Crippen molar-refractivity contribution in [1.29, 1.82) is 0 Å². The third kappa shape index (κ3) is 1.87. The highest BCUT2D eigenvalue weighted by atomic mass is 16.5. The van der Waals surface area contributed by atoms with Crippen molar-refractivity contribution in [3.05, 3.63) is 53.3 Å². The molecular weight excluding hydrogens is 216 g/mol. The zero-order chi connectivity index (χ0) is 11.7. The standard InChI is InChI=1S/C13H12N2O2/c16-8-11-6-12-9-17-13(7-15(12)14-11)10-4-2-1-3-5-10/h1-6,8,13H,7,9H2. The van der Waals surface area contributed by atoms with Crippen LogP contribution in [-0.4, -0.2) is 16.1 Å². The number of hydrogen-bond acceptors (Lipinski definition) is 3. The lowest BCUT2D eigenvalue weighted by molar-refractivity contribution is -0.00118. The highest BCUT2D eigenvalue weighted by Crippen LogP contribution is 2.25. The summed E-state index contributed by atoms with van der Waals surface area (Å²) in [6.45, 7) is 1.16. The first-order chi connectivity index (χ1) is 8.36. The van der Waals surface area contributed by atoms with E-state index in [1.165, 1.54) is 0 Å². The number of carbonyl (C=O) groups is 1. The molecule has 1 aromatic heterocycles. The number of carbonyl (C=O) groups excluding carboxylic acids is 1. The van der Waals surface area contributed by atoms with E-state index in [0.717, 1.165) is 17.5 Å². The molecule has 0 saturated carbocycles. The van der Waals surface area contributed by atoms with Gasteiger partial charge in [-0.15, -0.1) is 0 Å². The monoisotopic (exact) mass is 228 g/mol. The third-order valence-corrected chi connectivity index (χ3v) is 2.95.